The summed E-state index contributed by atoms with van der Waals surface area (Å²) < 4.78 is 36.6. The molecule has 2 aromatic carbocycles. The van der Waals surface area contributed by atoms with E-state index in [0.717, 1.165) is 0 Å². The normalized spacial score (nSPS) is 16.4. The van der Waals surface area contributed by atoms with Crippen molar-refractivity contribution in [2.24, 2.45) is 4.99 Å². The number of nitrogens with one attached hydrogen (secondary N) is 2. The summed E-state index contributed by atoms with van der Waals surface area (Å²) in [5.41, 5.74) is 0.822. The molecule has 152 valence electrons. The highest BCUT2D eigenvalue weighted by atomic mass is 32.2. The van der Waals surface area contributed by atoms with Gasteiger partial charge in [-0.25, -0.2) is 13.2 Å². The molecule has 1 aliphatic rings. The number of ether oxygens (including phenoxy) is 2. The Bertz CT molecular complexity index is 1080. The summed E-state index contributed by atoms with van der Waals surface area (Å²) in [7, 11) is -2.23. The van der Waals surface area contributed by atoms with E-state index in [0.29, 0.717) is 17.0 Å². The Morgan fingerprint density at radius 3 is 2.59 bits per heavy atom. The van der Waals surface area contributed by atoms with Crippen LogP contribution in [0.2, 0.25) is 0 Å². The first kappa shape index (κ1) is 20.3. The Kier molecular flexibility index (Phi) is 5.83. The number of carbonyl (C=O) groups excluding carboxylic acids is 2. The van der Waals surface area contributed by atoms with Crippen molar-refractivity contribution in [3.63, 3.8) is 0 Å². The molecule has 0 radical (unpaired) electrons. The van der Waals surface area contributed by atoms with Crippen LogP contribution in [0.5, 0.6) is 5.75 Å². The van der Waals surface area contributed by atoms with E-state index in [-0.39, 0.29) is 10.7 Å². The number of para-hydroxylation sites is 2. The summed E-state index contributed by atoms with van der Waals surface area (Å²) >= 11 is 0. The second-order valence-corrected chi connectivity index (χ2v) is 7.76. The predicted molar refractivity (Wildman–Crippen MR) is 105 cm³/mol. The number of nitrogens with zero attached hydrogens (tertiary/aromatic N) is 1. The van der Waals surface area contributed by atoms with Crippen LogP contribution < -0.4 is 14.8 Å². The number of sulfonamides is 1. The molecule has 0 aliphatic carbocycles. The molecular formula is C19H19N3O6S. The number of hydrogen-bond donors (Lipinski definition) is 2. The number of rotatable bonds is 6. The van der Waals surface area contributed by atoms with Crippen LogP contribution in [0.25, 0.3) is 0 Å². The van der Waals surface area contributed by atoms with Gasteiger partial charge in [0, 0.05) is 5.56 Å². The van der Waals surface area contributed by atoms with Gasteiger partial charge in [-0.3, -0.25) is 14.5 Å². The molecule has 0 saturated carbocycles. The highest BCUT2D eigenvalue weighted by molar-refractivity contribution is 7.90. The van der Waals surface area contributed by atoms with Gasteiger partial charge in [-0.05, 0) is 31.2 Å². The molecule has 0 saturated heterocycles. The van der Waals surface area contributed by atoms with Gasteiger partial charge in [0.15, 0.2) is 6.61 Å². The summed E-state index contributed by atoms with van der Waals surface area (Å²) in [6.45, 7) is 0.928. The highest BCUT2D eigenvalue weighted by Crippen LogP contribution is 2.23. The second kappa shape index (κ2) is 8.31. The fraction of sp³-hybridized carbons (Fsp3) is 0.211. The number of methoxy groups -OCH3 is 1. The monoisotopic (exact) mass is 417 g/mol. The maximum atomic E-state index is 12.2. The number of benzene rings is 2. The summed E-state index contributed by atoms with van der Waals surface area (Å²) in [5.74, 6) is -0.784. The molecule has 0 bridgehead atoms. The Labute approximate surface area is 167 Å². The van der Waals surface area contributed by atoms with Crippen molar-refractivity contribution in [1.29, 1.82) is 0 Å². The van der Waals surface area contributed by atoms with Gasteiger partial charge in [-0.2, -0.15) is 0 Å². The number of hydrogen-bond acceptors (Lipinski definition) is 7. The van der Waals surface area contributed by atoms with Crippen LogP contribution in [0.1, 0.15) is 12.5 Å². The molecule has 2 aromatic rings. The molecule has 9 nitrogen and oxygen atoms in total. The van der Waals surface area contributed by atoms with Crippen LogP contribution >= 0.6 is 0 Å². The summed E-state index contributed by atoms with van der Waals surface area (Å²) in [5, 5.41) is 2.58. The Morgan fingerprint density at radius 2 is 1.83 bits per heavy atom. The van der Waals surface area contributed by atoms with Crippen LogP contribution in [0.15, 0.2) is 58.4 Å². The van der Waals surface area contributed by atoms with Gasteiger partial charge in [-0.15, -0.1) is 0 Å². The van der Waals surface area contributed by atoms with Gasteiger partial charge in [0.1, 0.15) is 17.6 Å². The Hall–Kier alpha value is -3.40. The third kappa shape index (κ3) is 4.54. The maximum absolute atomic E-state index is 12.2. The van der Waals surface area contributed by atoms with Crippen molar-refractivity contribution in [3.8, 4) is 5.75 Å². The fourth-order valence-electron chi connectivity index (χ4n) is 2.67. The minimum atomic E-state index is -3.70. The van der Waals surface area contributed by atoms with Crippen LogP contribution in [0.3, 0.4) is 0 Å². The van der Waals surface area contributed by atoms with E-state index in [1.165, 1.54) is 20.1 Å². The van der Waals surface area contributed by atoms with Crippen LogP contribution in [0, 0.1) is 0 Å². The largest absolute Gasteiger partial charge is 0.495 e. The summed E-state index contributed by atoms with van der Waals surface area (Å²) in [6, 6.07) is 12.1. The number of esters is 1. The molecule has 3 rings (SSSR count). The zero-order chi connectivity index (χ0) is 21.0. The average Bonchev–Trinajstić information content (AvgIpc) is 2.96. The minimum absolute atomic E-state index is 0.0588. The van der Waals surface area contributed by atoms with Gasteiger partial charge < -0.3 is 14.8 Å². The molecule has 0 unspecified atom stereocenters. The molecule has 1 aliphatic heterocycles. The molecule has 0 fully saturated rings. The SMILES string of the molecule is COc1ccccc1NC(=O)COC(=O)[C@H](C)N=C1NS(=O)(=O)c2ccccc21. The van der Waals surface area contributed by atoms with Gasteiger partial charge in [0.2, 0.25) is 0 Å². The third-order valence-electron chi connectivity index (χ3n) is 4.05. The lowest BCUT2D eigenvalue weighted by Gasteiger charge is -2.11. The number of amides is 1. The average molecular weight is 417 g/mol. The van der Waals surface area contributed by atoms with Crippen LogP contribution in [0.4, 0.5) is 5.69 Å². The van der Waals surface area contributed by atoms with E-state index < -0.39 is 34.5 Å². The first-order valence-electron chi connectivity index (χ1n) is 8.61. The van der Waals surface area contributed by atoms with Crippen molar-refractivity contribution in [2.45, 2.75) is 17.9 Å². The first-order valence-corrected chi connectivity index (χ1v) is 10.1. The van der Waals surface area contributed by atoms with Gasteiger partial charge in [0.05, 0.1) is 17.7 Å². The van der Waals surface area contributed by atoms with Crippen molar-refractivity contribution in [2.75, 3.05) is 19.0 Å². The summed E-state index contributed by atoms with van der Waals surface area (Å²) in [4.78, 5) is 28.4. The quantitative estimate of drug-likeness (QED) is 0.683. The zero-order valence-corrected chi connectivity index (χ0v) is 16.5. The van der Waals surface area contributed by atoms with Gasteiger partial charge in [-0.1, -0.05) is 24.3 Å². The number of carbonyl (C=O) groups is 2. The lowest BCUT2D eigenvalue weighted by Crippen LogP contribution is -2.28. The molecule has 29 heavy (non-hydrogen) atoms. The fourth-order valence-corrected chi connectivity index (χ4v) is 3.91. The first-order chi connectivity index (χ1) is 13.8. The Morgan fingerprint density at radius 1 is 1.14 bits per heavy atom. The number of anilines is 1. The molecule has 10 heteroatoms. The number of fused-ring (bicyclic) bond motifs is 1. The maximum Gasteiger partial charge on any atom is 0.331 e. The second-order valence-electron chi connectivity index (χ2n) is 6.11. The number of amidine groups is 1. The topological polar surface area (TPSA) is 123 Å². The minimum Gasteiger partial charge on any atom is -0.495 e. The van der Waals surface area contributed by atoms with E-state index >= 15 is 0 Å². The predicted octanol–water partition coefficient (Wildman–Crippen LogP) is 1.30. The van der Waals surface area contributed by atoms with Crippen molar-refractivity contribution < 1.29 is 27.5 Å². The number of aliphatic imine (C=N–C) groups is 1. The van der Waals surface area contributed by atoms with Crippen LogP contribution in [-0.4, -0.2) is 45.9 Å². The third-order valence-corrected chi connectivity index (χ3v) is 5.45. The lowest BCUT2D eigenvalue weighted by atomic mass is 10.2. The van der Waals surface area contributed by atoms with Gasteiger partial charge >= 0.3 is 5.97 Å². The van der Waals surface area contributed by atoms with E-state index in [9.17, 15) is 18.0 Å². The van der Waals surface area contributed by atoms with E-state index in [4.69, 9.17) is 9.47 Å². The van der Waals surface area contributed by atoms with E-state index in [2.05, 4.69) is 15.0 Å². The zero-order valence-electron chi connectivity index (χ0n) is 15.7. The van der Waals surface area contributed by atoms with Crippen LogP contribution in [-0.2, 0) is 24.3 Å². The molecule has 2 N–H and O–H groups in total. The van der Waals surface area contributed by atoms with E-state index in [1.54, 1.807) is 42.5 Å². The molecule has 0 spiro atoms. The molecule has 1 amide bonds. The summed E-state index contributed by atoms with van der Waals surface area (Å²) in [6.07, 6.45) is 0. The van der Waals surface area contributed by atoms with Crippen molar-refractivity contribution in [3.05, 3.63) is 54.1 Å². The molecular weight excluding hydrogens is 398 g/mol. The Balaban J connectivity index is 1.62. The van der Waals surface area contributed by atoms with Gasteiger partial charge in [0.25, 0.3) is 15.9 Å². The molecule has 1 atom stereocenters. The van der Waals surface area contributed by atoms with Crippen molar-refractivity contribution in [1.82, 2.24) is 4.72 Å². The smallest absolute Gasteiger partial charge is 0.331 e. The van der Waals surface area contributed by atoms with E-state index in [1.807, 2.05) is 0 Å². The lowest BCUT2D eigenvalue weighted by molar-refractivity contribution is -0.148. The van der Waals surface area contributed by atoms with Crippen molar-refractivity contribution >= 4 is 33.4 Å². The highest BCUT2D eigenvalue weighted by Gasteiger charge is 2.31. The molecule has 1 heterocycles. The standard InChI is InChI=1S/C19H19N3O6S/c1-12(20-18-13-7-3-6-10-16(13)29(25,26)22-18)19(24)28-11-17(23)21-14-8-4-5-9-15(14)27-2/h3-10,12H,11H2,1-2H3,(H,20,22)(H,21,23)/t12-/m0/s1. The molecule has 0 aromatic heterocycles.